The Kier molecular flexibility index (Phi) is 3.57. The molecule has 0 radical (unpaired) electrons. The van der Waals surface area contributed by atoms with E-state index in [4.69, 9.17) is 5.73 Å². The maximum Gasteiger partial charge on any atom is 0.275 e. The largest absolute Gasteiger partial charge is 0.385 e. The smallest absolute Gasteiger partial charge is 0.275 e. The van der Waals surface area contributed by atoms with Gasteiger partial charge < -0.3 is 15.7 Å². The van der Waals surface area contributed by atoms with Gasteiger partial charge >= 0.3 is 0 Å². The Morgan fingerprint density at radius 3 is 2.68 bits per heavy atom. The van der Waals surface area contributed by atoms with Gasteiger partial charge in [0.05, 0.1) is 6.33 Å². The van der Waals surface area contributed by atoms with Crippen LogP contribution in [0.25, 0.3) is 11.0 Å². The molecule has 0 atom stereocenters. The van der Waals surface area contributed by atoms with Crippen LogP contribution in [-0.4, -0.2) is 15.0 Å². The Hall–Kier alpha value is -2.27. The standard InChI is InChI=1S/C13H12N4O.ClH/c14-12-9(6-8-4-2-1-3-5-8)10-11(13(18)17-12)16-7-15-10;/h1-5,7H,6H2,(H,15,16)(H3,14,17,18);1H. The van der Waals surface area contributed by atoms with Gasteiger partial charge in [0.25, 0.3) is 5.56 Å². The summed E-state index contributed by atoms with van der Waals surface area (Å²) in [7, 11) is 0. The number of halogens is 1. The maximum atomic E-state index is 11.7. The number of nitrogens with zero attached hydrogens (tertiary/aromatic N) is 1. The Bertz CT molecular complexity index is 748. The SMILES string of the molecule is Cl.Nc1[nH]c(=O)c2[nH]cnc2c1Cc1ccccc1. The molecule has 0 aliphatic carbocycles. The summed E-state index contributed by atoms with van der Waals surface area (Å²) in [5, 5.41) is 0. The quantitative estimate of drug-likeness (QED) is 0.667. The second kappa shape index (κ2) is 5.16. The number of aromatic nitrogens is 3. The summed E-state index contributed by atoms with van der Waals surface area (Å²) in [5.74, 6) is 0.378. The van der Waals surface area contributed by atoms with Crippen LogP contribution in [0.3, 0.4) is 0 Å². The number of nitrogen functional groups attached to an aromatic ring is 1. The predicted molar refractivity (Wildman–Crippen MR) is 77.6 cm³/mol. The molecular weight excluding hydrogens is 264 g/mol. The lowest BCUT2D eigenvalue weighted by molar-refractivity contribution is 1.15. The summed E-state index contributed by atoms with van der Waals surface area (Å²) >= 11 is 0. The van der Waals surface area contributed by atoms with Crippen molar-refractivity contribution in [3.63, 3.8) is 0 Å². The van der Waals surface area contributed by atoms with Crippen LogP contribution in [-0.2, 0) is 6.42 Å². The third-order valence-electron chi connectivity index (χ3n) is 2.95. The van der Waals surface area contributed by atoms with Crippen LogP contribution in [0, 0.1) is 0 Å². The van der Waals surface area contributed by atoms with E-state index in [9.17, 15) is 4.79 Å². The van der Waals surface area contributed by atoms with Crippen LogP contribution in [0.15, 0.2) is 41.5 Å². The van der Waals surface area contributed by atoms with Crippen molar-refractivity contribution in [2.24, 2.45) is 0 Å². The van der Waals surface area contributed by atoms with Crippen molar-refractivity contribution in [3.8, 4) is 0 Å². The van der Waals surface area contributed by atoms with E-state index in [1.54, 1.807) is 0 Å². The molecule has 5 nitrogen and oxygen atoms in total. The fourth-order valence-corrected chi connectivity index (χ4v) is 2.06. The minimum Gasteiger partial charge on any atom is -0.385 e. The van der Waals surface area contributed by atoms with E-state index in [2.05, 4.69) is 15.0 Å². The Morgan fingerprint density at radius 1 is 1.21 bits per heavy atom. The van der Waals surface area contributed by atoms with Gasteiger partial charge in [0, 0.05) is 12.0 Å². The molecule has 0 amide bonds. The van der Waals surface area contributed by atoms with Gasteiger partial charge in [-0.25, -0.2) is 4.98 Å². The number of rotatable bonds is 2. The fourth-order valence-electron chi connectivity index (χ4n) is 2.06. The van der Waals surface area contributed by atoms with Gasteiger partial charge in [-0.2, -0.15) is 0 Å². The van der Waals surface area contributed by atoms with Crippen LogP contribution in [0.2, 0.25) is 0 Å². The first kappa shape index (κ1) is 13.2. The number of aromatic amines is 2. The second-order valence-electron chi connectivity index (χ2n) is 4.13. The normalized spacial score (nSPS) is 10.3. The van der Waals surface area contributed by atoms with Gasteiger partial charge in [0.15, 0.2) is 0 Å². The second-order valence-corrected chi connectivity index (χ2v) is 4.13. The van der Waals surface area contributed by atoms with Gasteiger partial charge in [-0.05, 0) is 5.56 Å². The lowest BCUT2D eigenvalue weighted by atomic mass is 10.0. The molecular formula is C13H13ClN4O. The van der Waals surface area contributed by atoms with Crippen molar-refractivity contribution in [1.82, 2.24) is 15.0 Å². The van der Waals surface area contributed by atoms with E-state index in [-0.39, 0.29) is 18.0 Å². The molecule has 0 spiro atoms. The van der Waals surface area contributed by atoms with Gasteiger partial charge in [-0.1, -0.05) is 30.3 Å². The molecule has 2 aromatic heterocycles. The zero-order valence-electron chi connectivity index (χ0n) is 10.0. The van der Waals surface area contributed by atoms with E-state index in [1.807, 2.05) is 30.3 Å². The molecule has 0 saturated carbocycles. The van der Waals surface area contributed by atoms with Crippen LogP contribution < -0.4 is 11.3 Å². The van der Waals surface area contributed by atoms with Crippen LogP contribution in [0.5, 0.6) is 0 Å². The number of pyridine rings is 1. The third kappa shape index (κ3) is 2.32. The monoisotopic (exact) mass is 276 g/mol. The van der Waals surface area contributed by atoms with E-state index < -0.39 is 0 Å². The zero-order valence-corrected chi connectivity index (χ0v) is 10.8. The van der Waals surface area contributed by atoms with Crippen molar-refractivity contribution in [1.29, 1.82) is 0 Å². The van der Waals surface area contributed by atoms with Crippen molar-refractivity contribution in [2.75, 3.05) is 5.73 Å². The molecule has 0 aliphatic heterocycles. The Morgan fingerprint density at radius 2 is 1.95 bits per heavy atom. The summed E-state index contributed by atoms with van der Waals surface area (Å²) in [6.45, 7) is 0. The van der Waals surface area contributed by atoms with E-state index in [0.29, 0.717) is 23.3 Å². The lowest BCUT2D eigenvalue weighted by Gasteiger charge is -2.06. The highest BCUT2D eigenvalue weighted by atomic mass is 35.5. The topological polar surface area (TPSA) is 87.6 Å². The Balaban J connectivity index is 0.00000133. The molecule has 0 unspecified atom stereocenters. The van der Waals surface area contributed by atoms with Crippen LogP contribution in [0.4, 0.5) is 5.82 Å². The summed E-state index contributed by atoms with van der Waals surface area (Å²) in [5.41, 5.74) is 8.72. The van der Waals surface area contributed by atoms with Crippen LogP contribution in [0.1, 0.15) is 11.1 Å². The molecule has 19 heavy (non-hydrogen) atoms. The highest BCUT2D eigenvalue weighted by Crippen LogP contribution is 2.20. The maximum absolute atomic E-state index is 11.7. The van der Waals surface area contributed by atoms with E-state index in [0.717, 1.165) is 11.1 Å². The summed E-state index contributed by atoms with van der Waals surface area (Å²) in [4.78, 5) is 21.3. The number of anilines is 1. The molecule has 0 bridgehead atoms. The fraction of sp³-hybridized carbons (Fsp3) is 0.0769. The number of benzene rings is 1. The highest BCUT2D eigenvalue weighted by molar-refractivity contribution is 5.85. The highest BCUT2D eigenvalue weighted by Gasteiger charge is 2.11. The average Bonchev–Trinajstić information content (AvgIpc) is 2.85. The van der Waals surface area contributed by atoms with Gasteiger partial charge in [0.2, 0.25) is 0 Å². The minimum atomic E-state index is -0.239. The molecule has 4 N–H and O–H groups in total. The average molecular weight is 277 g/mol. The predicted octanol–water partition coefficient (Wildman–Crippen LogP) is 1.85. The van der Waals surface area contributed by atoms with Crippen molar-refractivity contribution in [3.05, 3.63) is 58.1 Å². The molecule has 6 heteroatoms. The molecule has 0 fully saturated rings. The molecule has 3 rings (SSSR count). The van der Waals surface area contributed by atoms with Crippen LogP contribution >= 0.6 is 12.4 Å². The van der Waals surface area contributed by atoms with Crippen molar-refractivity contribution in [2.45, 2.75) is 6.42 Å². The molecule has 98 valence electrons. The first-order valence-corrected chi connectivity index (χ1v) is 5.63. The molecule has 1 aromatic carbocycles. The minimum absolute atomic E-state index is 0. The number of imidazole rings is 1. The molecule has 0 saturated heterocycles. The number of hydrogen-bond acceptors (Lipinski definition) is 3. The number of nitrogens with two attached hydrogens (primary N) is 1. The summed E-state index contributed by atoms with van der Waals surface area (Å²) in [6, 6.07) is 9.94. The molecule has 3 aromatic rings. The van der Waals surface area contributed by atoms with E-state index >= 15 is 0 Å². The Labute approximate surface area is 115 Å². The summed E-state index contributed by atoms with van der Waals surface area (Å²) < 4.78 is 0. The lowest BCUT2D eigenvalue weighted by Crippen LogP contribution is -2.12. The molecule has 0 aliphatic rings. The van der Waals surface area contributed by atoms with E-state index in [1.165, 1.54) is 6.33 Å². The van der Waals surface area contributed by atoms with Crippen molar-refractivity contribution >= 4 is 29.3 Å². The number of fused-ring (bicyclic) bond motifs is 1. The first-order chi connectivity index (χ1) is 8.75. The zero-order chi connectivity index (χ0) is 12.5. The van der Waals surface area contributed by atoms with Gasteiger partial charge in [-0.15, -0.1) is 12.4 Å². The van der Waals surface area contributed by atoms with Gasteiger partial charge in [0.1, 0.15) is 16.9 Å². The van der Waals surface area contributed by atoms with Crippen molar-refractivity contribution < 1.29 is 0 Å². The number of nitrogens with one attached hydrogen (secondary N) is 2. The molecule has 2 heterocycles. The first-order valence-electron chi connectivity index (χ1n) is 5.63. The number of hydrogen-bond donors (Lipinski definition) is 3. The van der Waals surface area contributed by atoms with Gasteiger partial charge in [-0.3, -0.25) is 4.79 Å². The summed E-state index contributed by atoms with van der Waals surface area (Å²) in [6.07, 6.45) is 2.15. The number of H-pyrrole nitrogens is 2. The third-order valence-corrected chi connectivity index (χ3v) is 2.95.